The molecule has 0 radical (unpaired) electrons. The van der Waals surface area contributed by atoms with E-state index in [4.69, 9.17) is 9.47 Å². The summed E-state index contributed by atoms with van der Waals surface area (Å²) in [6.07, 6.45) is 12.3. The third kappa shape index (κ3) is 4.79. The zero-order chi connectivity index (χ0) is 31.4. The number of amides is 2. The van der Waals surface area contributed by atoms with Crippen LogP contribution in [0.4, 0.5) is 4.39 Å². The van der Waals surface area contributed by atoms with E-state index < -0.39 is 0 Å². The van der Waals surface area contributed by atoms with E-state index in [0.29, 0.717) is 47.2 Å². The van der Waals surface area contributed by atoms with Gasteiger partial charge in [0.2, 0.25) is 11.8 Å². The number of rotatable bonds is 5. The zero-order valence-electron chi connectivity index (χ0n) is 28.3. The van der Waals surface area contributed by atoms with Gasteiger partial charge in [-0.3, -0.25) is 14.5 Å². The fourth-order valence-corrected chi connectivity index (χ4v) is 13.3. The standard InChI is InChI=1S/C37H58FN3O4/c1-23-7-12-37(44-18-23)24(2)33-30(45-37)16-29-27-6-5-25-15-26(8-10-34(25,3)28(27)9-11-35(29,33)4)39-31(42)17-32(43)41-21-36(22-41)19-40(20-36)14-13-38/h23-30,33H,5-22H2,1-4H3,(H,39,42)/t23-,24-,25+,26?,27+,28?,29-,30-,33-,34-,35-,37+/m0/s1. The molecule has 8 fully saturated rings. The lowest BCUT2D eigenvalue weighted by molar-refractivity contribution is -0.273. The summed E-state index contributed by atoms with van der Waals surface area (Å²) in [6.45, 7) is 14.2. The molecule has 0 bridgehead atoms. The Kier molecular flexibility index (Phi) is 7.51. The average molecular weight is 628 g/mol. The SMILES string of the molecule is C[C@H]1CC[C@@]2(OC1)O[C@H]1C[C@H]3[C@@H]4CC[C@@H]5CC(NC(=O)CC(=O)N6CC7(CN(CCF)C7)C6)CC[C@]5(C)C4CC[C@]3(C)[C@H]1[C@@H]2C. The summed E-state index contributed by atoms with van der Waals surface area (Å²) in [5.74, 6) is 4.19. The molecular formula is C37H58FN3O4. The lowest BCUT2D eigenvalue weighted by Crippen LogP contribution is -2.73. The molecule has 4 saturated carbocycles. The molecule has 0 aromatic rings. The number of halogens is 1. The highest BCUT2D eigenvalue weighted by molar-refractivity contribution is 5.97. The molecule has 2 amide bonds. The quantitative estimate of drug-likeness (QED) is 0.413. The molecule has 252 valence electrons. The van der Waals surface area contributed by atoms with Crippen molar-refractivity contribution in [1.82, 2.24) is 15.1 Å². The maximum absolute atomic E-state index is 13.0. The van der Waals surface area contributed by atoms with Crippen molar-refractivity contribution < 1.29 is 23.5 Å². The van der Waals surface area contributed by atoms with Gasteiger partial charge in [-0.1, -0.05) is 27.7 Å². The summed E-state index contributed by atoms with van der Waals surface area (Å²) in [6, 6.07) is 0.187. The third-order valence-electron chi connectivity index (χ3n) is 15.5. The number of nitrogens with zero attached hydrogens (tertiary/aromatic N) is 2. The summed E-state index contributed by atoms with van der Waals surface area (Å²) < 4.78 is 26.1. The number of alkyl halides is 1. The Balaban J connectivity index is 0.851. The van der Waals surface area contributed by atoms with Crippen molar-refractivity contribution in [3.63, 3.8) is 0 Å². The third-order valence-corrected chi connectivity index (χ3v) is 15.5. The highest BCUT2D eigenvalue weighted by atomic mass is 19.1. The van der Waals surface area contributed by atoms with Crippen LogP contribution in [0.25, 0.3) is 0 Å². The van der Waals surface area contributed by atoms with Gasteiger partial charge in [0.1, 0.15) is 13.1 Å². The first kappa shape index (κ1) is 31.0. The van der Waals surface area contributed by atoms with Crippen molar-refractivity contribution in [3.8, 4) is 0 Å². The number of hydrogen-bond donors (Lipinski definition) is 1. The molecule has 8 rings (SSSR count). The number of nitrogens with one attached hydrogen (secondary N) is 1. The molecule has 1 N–H and O–H groups in total. The summed E-state index contributed by atoms with van der Waals surface area (Å²) in [4.78, 5) is 29.8. The largest absolute Gasteiger partial charge is 0.353 e. The molecule has 8 aliphatic rings. The average Bonchev–Trinajstić information content (AvgIpc) is 3.40. The van der Waals surface area contributed by atoms with Gasteiger partial charge in [0, 0.05) is 56.5 Å². The van der Waals surface area contributed by atoms with Crippen molar-refractivity contribution in [2.75, 3.05) is 46.0 Å². The number of likely N-dealkylation sites (tertiary alicyclic amines) is 2. The molecule has 45 heavy (non-hydrogen) atoms. The van der Waals surface area contributed by atoms with Gasteiger partial charge in [-0.25, -0.2) is 4.39 Å². The van der Waals surface area contributed by atoms with E-state index in [1.165, 1.54) is 44.9 Å². The predicted octanol–water partition coefficient (Wildman–Crippen LogP) is 5.42. The van der Waals surface area contributed by atoms with Crippen LogP contribution in [0.15, 0.2) is 0 Å². The molecule has 12 atom stereocenters. The molecule has 2 unspecified atom stereocenters. The Labute approximate surface area is 270 Å². The predicted molar refractivity (Wildman–Crippen MR) is 170 cm³/mol. The lowest BCUT2D eigenvalue weighted by atomic mass is 9.44. The summed E-state index contributed by atoms with van der Waals surface area (Å²) >= 11 is 0. The van der Waals surface area contributed by atoms with Gasteiger partial charge in [0.15, 0.2) is 5.79 Å². The minimum atomic E-state index is -0.337. The first-order chi connectivity index (χ1) is 21.5. The van der Waals surface area contributed by atoms with E-state index in [1.807, 2.05) is 4.90 Å². The van der Waals surface area contributed by atoms with Crippen molar-refractivity contribution in [2.24, 2.45) is 57.7 Å². The molecule has 2 spiro atoms. The lowest BCUT2D eigenvalue weighted by Gasteiger charge is -2.61. The molecular weight excluding hydrogens is 569 g/mol. The number of hydrogen-bond acceptors (Lipinski definition) is 5. The van der Waals surface area contributed by atoms with Gasteiger partial charge >= 0.3 is 0 Å². The van der Waals surface area contributed by atoms with Gasteiger partial charge in [0.25, 0.3) is 0 Å². The molecule has 4 aliphatic heterocycles. The maximum Gasteiger partial charge on any atom is 0.232 e. The Morgan fingerprint density at radius 3 is 2.42 bits per heavy atom. The van der Waals surface area contributed by atoms with Gasteiger partial charge in [-0.2, -0.15) is 0 Å². The number of carbonyl (C=O) groups is 2. The van der Waals surface area contributed by atoms with E-state index in [2.05, 4.69) is 37.9 Å². The first-order valence-electron chi connectivity index (χ1n) is 18.6. The summed E-state index contributed by atoms with van der Waals surface area (Å²) in [7, 11) is 0. The minimum Gasteiger partial charge on any atom is -0.353 e. The Morgan fingerprint density at radius 1 is 0.911 bits per heavy atom. The van der Waals surface area contributed by atoms with E-state index in [-0.39, 0.29) is 42.2 Å². The maximum atomic E-state index is 13.0. The van der Waals surface area contributed by atoms with Crippen LogP contribution in [0.5, 0.6) is 0 Å². The topological polar surface area (TPSA) is 71.1 Å². The van der Waals surface area contributed by atoms with Crippen LogP contribution in [-0.4, -0.2) is 85.6 Å². The van der Waals surface area contributed by atoms with Crippen LogP contribution in [0, 0.1) is 57.7 Å². The van der Waals surface area contributed by atoms with Gasteiger partial charge < -0.3 is 19.7 Å². The molecule has 8 heteroatoms. The van der Waals surface area contributed by atoms with Crippen LogP contribution in [0.1, 0.15) is 98.3 Å². The normalized spacial score (nSPS) is 49.8. The van der Waals surface area contributed by atoms with E-state index in [1.54, 1.807) is 0 Å². The summed E-state index contributed by atoms with van der Waals surface area (Å²) in [5.41, 5.74) is 0.850. The summed E-state index contributed by atoms with van der Waals surface area (Å²) in [5, 5.41) is 3.29. The molecule has 4 aliphatic carbocycles. The minimum absolute atomic E-state index is 0.0398. The fraction of sp³-hybridized carbons (Fsp3) is 0.946. The first-order valence-corrected chi connectivity index (χ1v) is 18.6. The second-order valence-electron chi connectivity index (χ2n) is 18.0. The van der Waals surface area contributed by atoms with Gasteiger partial charge in [-0.05, 0) is 104 Å². The van der Waals surface area contributed by atoms with Crippen molar-refractivity contribution in [3.05, 3.63) is 0 Å². The zero-order valence-corrected chi connectivity index (χ0v) is 28.3. The van der Waals surface area contributed by atoms with E-state index in [0.717, 1.165) is 69.8 Å². The number of fused-ring (bicyclic) bond motifs is 7. The van der Waals surface area contributed by atoms with Crippen molar-refractivity contribution in [1.29, 1.82) is 0 Å². The Morgan fingerprint density at radius 2 is 1.69 bits per heavy atom. The van der Waals surface area contributed by atoms with Crippen LogP contribution < -0.4 is 5.32 Å². The molecule has 0 aromatic heterocycles. The molecule has 4 heterocycles. The van der Waals surface area contributed by atoms with E-state index in [9.17, 15) is 14.0 Å². The highest BCUT2D eigenvalue weighted by Gasteiger charge is 2.69. The molecule has 7 nitrogen and oxygen atoms in total. The molecule has 0 aromatic carbocycles. The van der Waals surface area contributed by atoms with Crippen LogP contribution >= 0.6 is 0 Å². The van der Waals surface area contributed by atoms with Crippen LogP contribution in [0.3, 0.4) is 0 Å². The van der Waals surface area contributed by atoms with Crippen LogP contribution in [0.2, 0.25) is 0 Å². The fourth-order valence-electron chi connectivity index (χ4n) is 13.3. The van der Waals surface area contributed by atoms with Gasteiger partial charge in [-0.15, -0.1) is 0 Å². The van der Waals surface area contributed by atoms with Crippen molar-refractivity contribution in [2.45, 2.75) is 116 Å². The number of carbonyl (C=O) groups excluding carboxylic acids is 2. The smallest absolute Gasteiger partial charge is 0.232 e. The second-order valence-corrected chi connectivity index (χ2v) is 18.0. The second kappa shape index (κ2) is 10.9. The highest BCUT2D eigenvalue weighted by Crippen LogP contribution is 2.71. The van der Waals surface area contributed by atoms with Crippen molar-refractivity contribution >= 4 is 11.8 Å². The monoisotopic (exact) mass is 627 g/mol. The Bertz CT molecular complexity index is 1180. The number of ether oxygens (including phenoxy) is 2. The molecule has 4 saturated heterocycles. The van der Waals surface area contributed by atoms with Crippen LogP contribution in [-0.2, 0) is 19.1 Å². The van der Waals surface area contributed by atoms with E-state index >= 15 is 0 Å². The Hall–Kier alpha value is -1.25. The van der Waals surface area contributed by atoms with Gasteiger partial charge in [0.05, 0.1) is 12.7 Å².